The molecule has 0 saturated heterocycles. The maximum absolute atomic E-state index is 5.99. The van der Waals surface area contributed by atoms with E-state index in [1.165, 1.54) is 16.7 Å². The Labute approximate surface area is 163 Å². The molecular weight excluding hydrogens is 330 g/mol. The number of rotatable bonds is 7. The first-order valence-electron chi connectivity index (χ1n) is 9.89. The Morgan fingerprint density at radius 2 is 1.41 bits per heavy atom. The van der Waals surface area contributed by atoms with E-state index >= 15 is 0 Å². The molecule has 0 heterocycles. The second-order valence-electron chi connectivity index (χ2n) is 6.85. The lowest BCUT2D eigenvalue weighted by Gasteiger charge is -2.17. The quantitative estimate of drug-likeness (QED) is 0.481. The van der Waals surface area contributed by atoms with Crippen molar-refractivity contribution in [3.8, 4) is 11.5 Å². The third kappa shape index (κ3) is 4.51. The van der Waals surface area contributed by atoms with Crippen LogP contribution in [0.5, 0.6) is 11.5 Å². The van der Waals surface area contributed by atoms with Crippen molar-refractivity contribution in [1.29, 1.82) is 0 Å². The summed E-state index contributed by atoms with van der Waals surface area (Å²) in [6.07, 6.45) is 3.22. The van der Waals surface area contributed by atoms with Gasteiger partial charge in [-0.15, -0.1) is 0 Å². The van der Waals surface area contributed by atoms with Gasteiger partial charge in [-0.25, -0.2) is 0 Å². The van der Waals surface area contributed by atoms with Crippen LogP contribution in [0.25, 0.3) is 0 Å². The molecule has 0 spiro atoms. The van der Waals surface area contributed by atoms with Gasteiger partial charge in [-0.1, -0.05) is 39.0 Å². The lowest BCUT2D eigenvalue weighted by atomic mass is 9.94. The molecule has 2 heteroatoms. The van der Waals surface area contributed by atoms with Gasteiger partial charge in [0.1, 0.15) is 11.5 Å². The van der Waals surface area contributed by atoms with E-state index in [1.807, 2.05) is 36.4 Å². The van der Waals surface area contributed by atoms with Gasteiger partial charge in [-0.05, 0) is 90.9 Å². The van der Waals surface area contributed by atoms with E-state index in [2.05, 4.69) is 57.3 Å². The minimum absolute atomic E-state index is 0.858. The molecule has 0 saturated carbocycles. The van der Waals surface area contributed by atoms with E-state index in [9.17, 15) is 0 Å². The molecule has 0 unspecified atom stereocenters. The number of hydrogen-bond acceptors (Lipinski definition) is 2. The van der Waals surface area contributed by atoms with Crippen LogP contribution in [0.1, 0.15) is 43.0 Å². The van der Waals surface area contributed by atoms with Gasteiger partial charge in [-0.2, -0.15) is 0 Å². The Morgan fingerprint density at radius 1 is 0.741 bits per heavy atom. The van der Waals surface area contributed by atoms with Crippen LogP contribution in [0.15, 0.2) is 60.7 Å². The van der Waals surface area contributed by atoms with Crippen molar-refractivity contribution in [3.05, 3.63) is 82.9 Å². The summed E-state index contributed by atoms with van der Waals surface area (Å²) in [7, 11) is 0. The third-order valence-corrected chi connectivity index (χ3v) is 4.98. The fourth-order valence-electron chi connectivity index (χ4n) is 3.58. The summed E-state index contributed by atoms with van der Waals surface area (Å²) in [6.45, 7) is 8.79. The molecule has 3 aromatic carbocycles. The van der Waals surface area contributed by atoms with Crippen LogP contribution < -0.4 is 10.1 Å². The molecule has 27 heavy (non-hydrogen) atoms. The summed E-state index contributed by atoms with van der Waals surface area (Å²) in [5.74, 6) is 1.74. The maximum atomic E-state index is 5.99. The van der Waals surface area contributed by atoms with E-state index in [0.717, 1.165) is 47.7 Å². The number of aryl methyl sites for hydroxylation is 3. The lowest BCUT2D eigenvalue weighted by Crippen LogP contribution is -2.01. The van der Waals surface area contributed by atoms with Gasteiger partial charge in [0.2, 0.25) is 0 Å². The van der Waals surface area contributed by atoms with Crippen molar-refractivity contribution in [2.24, 2.45) is 0 Å². The first-order valence-corrected chi connectivity index (χ1v) is 9.89. The molecule has 140 valence electrons. The molecule has 0 aliphatic rings. The van der Waals surface area contributed by atoms with Crippen LogP contribution in [0, 0.1) is 6.92 Å². The number of benzene rings is 3. The van der Waals surface area contributed by atoms with E-state index in [4.69, 9.17) is 4.74 Å². The number of anilines is 2. The first kappa shape index (κ1) is 19.0. The van der Waals surface area contributed by atoms with Crippen LogP contribution in [0.4, 0.5) is 11.4 Å². The number of hydrogen-bond donors (Lipinski definition) is 1. The molecule has 0 bridgehead atoms. The highest BCUT2D eigenvalue weighted by Crippen LogP contribution is 2.30. The van der Waals surface area contributed by atoms with Crippen molar-refractivity contribution in [1.82, 2.24) is 0 Å². The van der Waals surface area contributed by atoms with Crippen LogP contribution >= 0.6 is 0 Å². The molecule has 2 nitrogen and oxygen atoms in total. The zero-order chi connectivity index (χ0) is 19.2. The summed E-state index contributed by atoms with van der Waals surface area (Å²) in [4.78, 5) is 0. The molecule has 0 fully saturated rings. The molecule has 3 rings (SSSR count). The van der Waals surface area contributed by atoms with Crippen molar-refractivity contribution < 1.29 is 4.74 Å². The average molecular weight is 360 g/mol. The topological polar surface area (TPSA) is 21.3 Å². The van der Waals surface area contributed by atoms with Gasteiger partial charge in [0.15, 0.2) is 0 Å². The summed E-state index contributed by atoms with van der Waals surface area (Å²) in [5, 5.41) is 3.58. The monoisotopic (exact) mass is 359 g/mol. The molecule has 3 aromatic rings. The minimum Gasteiger partial charge on any atom is -0.457 e. The summed E-state index contributed by atoms with van der Waals surface area (Å²) in [6, 6.07) is 20.7. The summed E-state index contributed by atoms with van der Waals surface area (Å²) >= 11 is 0. The van der Waals surface area contributed by atoms with Crippen molar-refractivity contribution in [2.75, 3.05) is 5.32 Å². The number of ether oxygens (including phenoxy) is 1. The normalized spacial score (nSPS) is 10.7. The Bertz CT molecular complexity index is 874. The minimum atomic E-state index is 0.858. The molecular formula is C25H29NO. The van der Waals surface area contributed by atoms with Gasteiger partial charge < -0.3 is 10.1 Å². The molecule has 0 atom stereocenters. The molecule has 0 aliphatic carbocycles. The van der Waals surface area contributed by atoms with Crippen molar-refractivity contribution in [3.63, 3.8) is 0 Å². The lowest BCUT2D eigenvalue weighted by molar-refractivity contribution is 0.479. The second-order valence-corrected chi connectivity index (χ2v) is 6.85. The van der Waals surface area contributed by atoms with Gasteiger partial charge >= 0.3 is 0 Å². The van der Waals surface area contributed by atoms with E-state index in [-0.39, 0.29) is 0 Å². The molecule has 0 amide bonds. The van der Waals surface area contributed by atoms with E-state index < -0.39 is 0 Å². The molecule has 0 radical (unpaired) electrons. The average Bonchev–Trinajstić information content (AvgIpc) is 2.70. The Morgan fingerprint density at radius 3 is 1.96 bits per heavy atom. The van der Waals surface area contributed by atoms with Gasteiger partial charge in [0.25, 0.3) is 0 Å². The Kier molecular flexibility index (Phi) is 6.18. The van der Waals surface area contributed by atoms with Gasteiger partial charge in [-0.3, -0.25) is 0 Å². The Hall–Kier alpha value is -2.74. The molecule has 0 aromatic heterocycles. The highest BCUT2D eigenvalue weighted by Gasteiger charge is 2.09. The Balaban J connectivity index is 1.83. The van der Waals surface area contributed by atoms with E-state index in [1.54, 1.807) is 0 Å². The van der Waals surface area contributed by atoms with E-state index in [0.29, 0.717) is 0 Å². The second kappa shape index (κ2) is 8.77. The van der Waals surface area contributed by atoms with Crippen LogP contribution in [0.3, 0.4) is 0 Å². The number of nitrogens with one attached hydrogen (secondary N) is 1. The van der Waals surface area contributed by atoms with Crippen molar-refractivity contribution in [2.45, 2.75) is 47.0 Å². The van der Waals surface area contributed by atoms with Crippen LogP contribution in [-0.4, -0.2) is 0 Å². The standard InChI is InChI=1S/C25H29NO/c1-5-19-16-22(17-20(6-2)24(19)7-3)26-21-13-14-25(18(4)15-21)27-23-11-9-8-10-12-23/h8-17,26H,5-7H2,1-4H3. The summed E-state index contributed by atoms with van der Waals surface area (Å²) < 4.78 is 5.99. The molecule has 0 aliphatic heterocycles. The summed E-state index contributed by atoms with van der Waals surface area (Å²) in [5.41, 5.74) is 7.76. The third-order valence-electron chi connectivity index (χ3n) is 4.98. The van der Waals surface area contributed by atoms with Crippen LogP contribution in [0.2, 0.25) is 0 Å². The maximum Gasteiger partial charge on any atom is 0.130 e. The van der Waals surface area contributed by atoms with Crippen LogP contribution in [-0.2, 0) is 19.3 Å². The van der Waals surface area contributed by atoms with Gasteiger partial charge in [0.05, 0.1) is 0 Å². The first-order chi connectivity index (χ1) is 13.1. The highest BCUT2D eigenvalue weighted by molar-refractivity contribution is 5.64. The van der Waals surface area contributed by atoms with Crippen molar-refractivity contribution >= 4 is 11.4 Å². The number of para-hydroxylation sites is 1. The fourth-order valence-corrected chi connectivity index (χ4v) is 3.58. The fraction of sp³-hybridized carbons (Fsp3) is 0.280. The highest BCUT2D eigenvalue weighted by atomic mass is 16.5. The predicted octanol–water partition coefficient (Wildman–Crippen LogP) is 7.22. The zero-order valence-corrected chi connectivity index (χ0v) is 16.8. The largest absolute Gasteiger partial charge is 0.457 e. The van der Waals surface area contributed by atoms with Gasteiger partial charge in [0, 0.05) is 11.4 Å². The smallest absolute Gasteiger partial charge is 0.130 e. The molecule has 1 N–H and O–H groups in total. The SMILES string of the molecule is CCc1cc(Nc2ccc(Oc3ccccc3)c(C)c2)cc(CC)c1CC. The zero-order valence-electron chi connectivity index (χ0n) is 16.8. The predicted molar refractivity (Wildman–Crippen MR) is 116 cm³/mol.